The molecule has 1 amide bonds. The molecule has 0 saturated carbocycles. The molecule has 1 heterocycles. The van der Waals surface area contributed by atoms with E-state index in [-0.39, 0.29) is 24.0 Å². The van der Waals surface area contributed by atoms with Crippen LogP contribution >= 0.6 is 0 Å². The van der Waals surface area contributed by atoms with E-state index in [0.29, 0.717) is 17.9 Å². The first kappa shape index (κ1) is 14.8. The van der Waals surface area contributed by atoms with Crippen molar-refractivity contribution >= 4 is 17.8 Å². The molecular weight excluding hydrogens is 278 g/mol. The summed E-state index contributed by atoms with van der Waals surface area (Å²) in [5.41, 5.74) is 2.41. The number of amides is 1. The Balaban J connectivity index is 2.12. The molecule has 0 fully saturated rings. The lowest BCUT2D eigenvalue weighted by molar-refractivity contribution is -0.385. The van der Waals surface area contributed by atoms with Crippen LogP contribution in [0.15, 0.2) is 17.2 Å². The summed E-state index contributed by atoms with van der Waals surface area (Å²) in [6, 6.07) is 2.74. The zero-order valence-corrected chi connectivity index (χ0v) is 11.5. The van der Waals surface area contributed by atoms with Crippen LogP contribution in [0.4, 0.5) is 5.69 Å². The average Bonchev–Trinajstić information content (AvgIpc) is 2.91. The van der Waals surface area contributed by atoms with Crippen molar-refractivity contribution in [3.8, 4) is 11.5 Å². The second kappa shape index (κ2) is 6.69. The molecule has 2 rings (SSSR count). The average molecular weight is 293 g/mol. The van der Waals surface area contributed by atoms with Gasteiger partial charge in [0.15, 0.2) is 11.5 Å². The highest BCUT2D eigenvalue weighted by atomic mass is 16.7. The van der Waals surface area contributed by atoms with Gasteiger partial charge in [-0.2, -0.15) is 5.10 Å². The second-order valence-electron chi connectivity index (χ2n) is 4.42. The van der Waals surface area contributed by atoms with Gasteiger partial charge < -0.3 is 9.47 Å². The molecule has 1 N–H and O–H groups in total. The predicted octanol–water partition coefficient (Wildman–Crippen LogP) is 1.96. The van der Waals surface area contributed by atoms with Crippen LogP contribution in [-0.4, -0.2) is 23.8 Å². The lowest BCUT2D eigenvalue weighted by atomic mass is 10.1. The molecule has 1 aliphatic rings. The monoisotopic (exact) mass is 293 g/mol. The minimum absolute atomic E-state index is 0.0286. The SMILES string of the molecule is CCCCC(=O)N/N=C\c1cc2c(cc1[N+](=O)[O-])OCO2. The predicted molar refractivity (Wildman–Crippen MR) is 74.5 cm³/mol. The molecule has 0 saturated heterocycles. The third-order valence-corrected chi connectivity index (χ3v) is 2.87. The zero-order chi connectivity index (χ0) is 15.2. The van der Waals surface area contributed by atoms with E-state index >= 15 is 0 Å². The Hall–Kier alpha value is -2.64. The van der Waals surface area contributed by atoms with Gasteiger partial charge in [0, 0.05) is 6.42 Å². The summed E-state index contributed by atoms with van der Waals surface area (Å²) in [7, 11) is 0. The number of carbonyl (C=O) groups is 1. The molecule has 1 aromatic carbocycles. The normalized spacial score (nSPS) is 12.6. The van der Waals surface area contributed by atoms with Crippen molar-refractivity contribution < 1.29 is 19.2 Å². The van der Waals surface area contributed by atoms with Gasteiger partial charge >= 0.3 is 0 Å². The van der Waals surface area contributed by atoms with Crippen molar-refractivity contribution in [2.75, 3.05) is 6.79 Å². The summed E-state index contributed by atoms with van der Waals surface area (Å²) in [6.45, 7) is 2.01. The molecule has 8 nitrogen and oxygen atoms in total. The number of nitrogens with zero attached hydrogens (tertiary/aromatic N) is 2. The Morgan fingerprint density at radius 1 is 1.48 bits per heavy atom. The van der Waals surface area contributed by atoms with Crippen LogP contribution < -0.4 is 14.9 Å². The van der Waals surface area contributed by atoms with E-state index in [9.17, 15) is 14.9 Å². The number of nitro groups is 1. The van der Waals surface area contributed by atoms with Gasteiger partial charge in [0.1, 0.15) is 0 Å². The topological polar surface area (TPSA) is 103 Å². The molecule has 21 heavy (non-hydrogen) atoms. The van der Waals surface area contributed by atoms with Crippen LogP contribution in [-0.2, 0) is 4.79 Å². The van der Waals surface area contributed by atoms with Crippen LogP contribution in [0.5, 0.6) is 11.5 Å². The van der Waals surface area contributed by atoms with Gasteiger partial charge in [0.25, 0.3) is 5.69 Å². The zero-order valence-electron chi connectivity index (χ0n) is 11.5. The maximum atomic E-state index is 11.4. The van der Waals surface area contributed by atoms with E-state index in [1.165, 1.54) is 18.3 Å². The van der Waals surface area contributed by atoms with Crippen LogP contribution in [0.1, 0.15) is 31.7 Å². The van der Waals surface area contributed by atoms with Gasteiger partial charge in [-0.3, -0.25) is 14.9 Å². The lowest BCUT2D eigenvalue weighted by Crippen LogP contribution is -2.16. The summed E-state index contributed by atoms with van der Waals surface area (Å²) >= 11 is 0. The summed E-state index contributed by atoms with van der Waals surface area (Å²) < 4.78 is 10.3. The second-order valence-corrected chi connectivity index (χ2v) is 4.42. The van der Waals surface area contributed by atoms with Gasteiger partial charge in [0.05, 0.1) is 22.8 Å². The van der Waals surface area contributed by atoms with Gasteiger partial charge in [0.2, 0.25) is 12.7 Å². The number of rotatable bonds is 6. The van der Waals surface area contributed by atoms with Crippen LogP contribution in [0.25, 0.3) is 0 Å². The number of benzene rings is 1. The molecule has 0 spiro atoms. The Kier molecular flexibility index (Phi) is 4.70. The maximum Gasteiger partial charge on any atom is 0.282 e. The number of unbranched alkanes of at least 4 members (excludes halogenated alkanes) is 1. The molecule has 0 unspecified atom stereocenters. The summed E-state index contributed by atoms with van der Waals surface area (Å²) in [6.07, 6.45) is 3.28. The third-order valence-electron chi connectivity index (χ3n) is 2.87. The third kappa shape index (κ3) is 3.68. The first-order chi connectivity index (χ1) is 10.1. The molecule has 0 atom stereocenters. The number of fused-ring (bicyclic) bond motifs is 1. The van der Waals surface area contributed by atoms with Gasteiger partial charge in [-0.1, -0.05) is 13.3 Å². The van der Waals surface area contributed by atoms with Crippen LogP contribution in [0.3, 0.4) is 0 Å². The van der Waals surface area contributed by atoms with Crippen molar-refractivity contribution in [1.82, 2.24) is 5.43 Å². The number of carbonyl (C=O) groups excluding carboxylic acids is 1. The van der Waals surface area contributed by atoms with Gasteiger partial charge in [-0.15, -0.1) is 0 Å². The number of hydrogen-bond donors (Lipinski definition) is 1. The van der Waals surface area contributed by atoms with Crippen molar-refractivity contribution in [1.29, 1.82) is 0 Å². The molecule has 1 aliphatic heterocycles. The Morgan fingerprint density at radius 3 is 2.86 bits per heavy atom. The molecule has 8 heteroatoms. The number of nitrogens with one attached hydrogen (secondary N) is 1. The smallest absolute Gasteiger partial charge is 0.282 e. The van der Waals surface area contributed by atoms with Gasteiger partial charge in [-0.05, 0) is 12.5 Å². The highest BCUT2D eigenvalue weighted by molar-refractivity contribution is 5.88. The molecule has 0 aliphatic carbocycles. The first-order valence-corrected chi connectivity index (χ1v) is 6.51. The Labute approximate surface area is 120 Å². The highest BCUT2D eigenvalue weighted by Gasteiger charge is 2.22. The van der Waals surface area contributed by atoms with E-state index in [4.69, 9.17) is 9.47 Å². The fourth-order valence-electron chi connectivity index (χ4n) is 1.78. The summed E-state index contributed by atoms with van der Waals surface area (Å²) in [5, 5.41) is 14.8. The largest absolute Gasteiger partial charge is 0.454 e. The van der Waals surface area contributed by atoms with Crippen molar-refractivity contribution in [2.24, 2.45) is 5.10 Å². The van der Waals surface area contributed by atoms with E-state index in [0.717, 1.165) is 12.8 Å². The van der Waals surface area contributed by atoms with Crippen LogP contribution in [0.2, 0.25) is 0 Å². The minimum atomic E-state index is -0.539. The number of hydrogen-bond acceptors (Lipinski definition) is 6. The highest BCUT2D eigenvalue weighted by Crippen LogP contribution is 2.37. The van der Waals surface area contributed by atoms with Crippen molar-refractivity contribution in [3.05, 3.63) is 27.8 Å². The molecule has 112 valence electrons. The number of nitro benzene ring substituents is 1. The van der Waals surface area contributed by atoms with Gasteiger partial charge in [-0.25, -0.2) is 5.43 Å². The summed E-state index contributed by atoms with van der Waals surface area (Å²) in [5.74, 6) is 0.515. The minimum Gasteiger partial charge on any atom is -0.454 e. The Bertz CT molecular complexity index is 585. The first-order valence-electron chi connectivity index (χ1n) is 6.51. The number of hydrazone groups is 1. The molecule has 0 aromatic heterocycles. The van der Waals surface area contributed by atoms with E-state index < -0.39 is 4.92 Å². The fraction of sp³-hybridized carbons (Fsp3) is 0.385. The van der Waals surface area contributed by atoms with E-state index in [2.05, 4.69) is 10.5 Å². The van der Waals surface area contributed by atoms with Crippen molar-refractivity contribution in [2.45, 2.75) is 26.2 Å². The van der Waals surface area contributed by atoms with Crippen LogP contribution in [0, 0.1) is 10.1 Å². The Morgan fingerprint density at radius 2 is 2.19 bits per heavy atom. The van der Waals surface area contributed by atoms with E-state index in [1.54, 1.807) is 0 Å². The molecule has 0 bridgehead atoms. The molecule has 1 aromatic rings. The summed E-state index contributed by atoms with van der Waals surface area (Å²) in [4.78, 5) is 21.9. The standard InChI is InChI=1S/C13H15N3O5/c1-2-3-4-13(17)15-14-7-9-5-11-12(21-8-20-11)6-10(9)16(18)19/h5-7H,2-4,8H2,1H3,(H,15,17)/b14-7-. The maximum absolute atomic E-state index is 11.4. The molecular formula is C13H15N3O5. The quantitative estimate of drug-likeness (QED) is 0.490. The van der Waals surface area contributed by atoms with E-state index in [1.807, 2.05) is 6.92 Å². The molecule has 0 radical (unpaired) electrons. The lowest BCUT2D eigenvalue weighted by Gasteiger charge is -2.01. The number of ether oxygens (including phenoxy) is 2. The fourth-order valence-corrected chi connectivity index (χ4v) is 1.78. The van der Waals surface area contributed by atoms with Crippen molar-refractivity contribution in [3.63, 3.8) is 0 Å².